The van der Waals surface area contributed by atoms with Crippen LogP contribution in [0, 0.1) is 5.92 Å². The molecule has 0 spiro atoms. The van der Waals surface area contributed by atoms with Gasteiger partial charge < -0.3 is 31.7 Å². The van der Waals surface area contributed by atoms with Crippen LogP contribution in [0.1, 0.15) is 20.8 Å². The first-order valence-electron chi connectivity index (χ1n) is 6.49. The molecule has 9 heteroatoms. The first-order valence-corrected chi connectivity index (χ1v) is 6.49. The highest BCUT2D eigenvalue weighted by atomic mass is 16.4. The zero-order chi connectivity index (χ0) is 16.7. The van der Waals surface area contributed by atoms with Crippen molar-refractivity contribution < 1.29 is 29.7 Å². The molecule has 122 valence electrons. The number of nitrogens with two attached hydrogens (primary N) is 1. The van der Waals surface area contributed by atoms with E-state index in [1.807, 2.05) is 5.32 Å². The minimum absolute atomic E-state index is 0.174. The van der Waals surface area contributed by atoms with Crippen molar-refractivity contribution >= 4 is 17.8 Å². The van der Waals surface area contributed by atoms with Crippen LogP contribution in [0.25, 0.3) is 0 Å². The molecule has 0 aliphatic rings. The Morgan fingerprint density at radius 3 is 1.95 bits per heavy atom. The predicted molar refractivity (Wildman–Crippen MR) is 73.1 cm³/mol. The molecule has 9 nitrogen and oxygen atoms in total. The number of hydrogen-bond donors (Lipinski definition) is 6. The first-order chi connectivity index (χ1) is 9.61. The van der Waals surface area contributed by atoms with Crippen LogP contribution < -0.4 is 16.4 Å². The lowest BCUT2D eigenvalue weighted by molar-refractivity contribution is -0.144. The van der Waals surface area contributed by atoms with Crippen LogP contribution in [0.4, 0.5) is 0 Å². The number of nitrogens with one attached hydrogen (secondary N) is 2. The number of aliphatic hydroxyl groups excluding tert-OH is 2. The Morgan fingerprint density at radius 1 is 1.10 bits per heavy atom. The smallest absolute Gasteiger partial charge is 0.328 e. The van der Waals surface area contributed by atoms with Gasteiger partial charge in [0.1, 0.15) is 12.1 Å². The number of hydrogen-bond acceptors (Lipinski definition) is 6. The summed E-state index contributed by atoms with van der Waals surface area (Å²) in [4.78, 5) is 34.4. The van der Waals surface area contributed by atoms with Crippen LogP contribution in [0.5, 0.6) is 0 Å². The summed E-state index contributed by atoms with van der Waals surface area (Å²) in [7, 11) is 0. The molecule has 0 bridgehead atoms. The van der Waals surface area contributed by atoms with Crippen LogP contribution in [-0.2, 0) is 14.4 Å². The molecule has 21 heavy (non-hydrogen) atoms. The van der Waals surface area contributed by atoms with Crippen molar-refractivity contribution in [3.63, 3.8) is 0 Å². The monoisotopic (exact) mass is 305 g/mol. The Bertz CT molecular complexity index is 385. The van der Waals surface area contributed by atoms with E-state index in [1.54, 1.807) is 13.8 Å². The zero-order valence-corrected chi connectivity index (χ0v) is 12.2. The molecule has 4 unspecified atom stereocenters. The van der Waals surface area contributed by atoms with E-state index < -0.39 is 48.6 Å². The van der Waals surface area contributed by atoms with Crippen molar-refractivity contribution in [1.82, 2.24) is 10.6 Å². The van der Waals surface area contributed by atoms with Gasteiger partial charge in [0.25, 0.3) is 0 Å². The number of carboxylic acid groups (broad SMARTS) is 1. The molecule has 7 N–H and O–H groups in total. The summed E-state index contributed by atoms with van der Waals surface area (Å²) in [5.74, 6) is -3.16. The van der Waals surface area contributed by atoms with Crippen LogP contribution in [0.15, 0.2) is 0 Å². The standard InChI is InChI=1S/C12H23N3O6/c1-5(2)8(13)10(18)15-9(6(3)17)11(19)14-7(4-16)12(20)21/h5-9,16-17H,4,13H2,1-3H3,(H,14,19)(H,15,18)(H,20,21). The van der Waals surface area contributed by atoms with Gasteiger partial charge in [-0.2, -0.15) is 0 Å². The molecule has 4 atom stereocenters. The molecule has 0 heterocycles. The summed E-state index contributed by atoms with van der Waals surface area (Å²) in [6, 6.07) is -3.75. The molecule has 2 amide bonds. The second kappa shape index (κ2) is 8.55. The lowest BCUT2D eigenvalue weighted by Crippen LogP contribution is -2.59. The highest BCUT2D eigenvalue weighted by Gasteiger charge is 2.31. The van der Waals surface area contributed by atoms with Gasteiger partial charge in [0.15, 0.2) is 0 Å². The Labute approximate surface area is 122 Å². The molecule has 0 aromatic heterocycles. The molecule has 0 saturated heterocycles. The second-order valence-electron chi connectivity index (χ2n) is 5.08. The van der Waals surface area contributed by atoms with Gasteiger partial charge in [-0.1, -0.05) is 13.8 Å². The average molecular weight is 305 g/mol. The normalized spacial score (nSPS) is 16.7. The van der Waals surface area contributed by atoms with E-state index >= 15 is 0 Å². The van der Waals surface area contributed by atoms with E-state index in [0.717, 1.165) is 0 Å². The topological polar surface area (TPSA) is 162 Å². The molecule has 0 rings (SSSR count). The third kappa shape index (κ3) is 6.06. The van der Waals surface area contributed by atoms with Gasteiger partial charge in [-0.3, -0.25) is 9.59 Å². The number of aliphatic carboxylic acids is 1. The van der Waals surface area contributed by atoms with E-state index in [9.17, 15) is 19.5 Å². The maximum atomic E-state index is 11.9. The van der Waals surface area contributed by atoms with Gasteiger partial charge in [0, 0.05) is 0 Å². The molecule has 0 aromatic rings. The van der Waals surface area contributed by atoms with E-state index in [0.29, 0.717) is 0 Å². The SMILES string of the molecule is CC(C)C(N)C(=O)NC(C(=O)NC(CO)C(=O)O)C(C)O. The number of carbonyl (C=O) groups excluding carboxylic acids is 2. The van der Waals surface area contributed by atoms with Crippen molar-refractivity contribution in [1.29, 1.82) is 0 Å². The van der Waals surface area contributed by atoms with Crippen LogP contribution >= 0.6 is 0 Å². The van der Waals surface area contributed by atoms with Gasteiger partial charge in [-0.05, 0) is 12.8 Å². The highest BCUT2D eigenvalue weighted by Crippen LogP contribution is 2.01. The number of aliphatic hydroxyl groups is 2. The summed E-state index contributed by atoms with van der Waals surface area (Å²) < 4.78 is 0. The predicted octanol–water partition coefficient (Wildman–Crippen LogP) is -2.60. The second-order valence-corrected chi connectivity index (χ2v) is 5.08. The maximum Gasteiger partial charge on any atom is 0.328 e. The van der Waals surface area contributed by atoms with Crippen LogP contribution in [0.2, 0.25) is 0 Å². The summed E-state index contributed by atoms with van der Waals surface area (Å²) >= 11 is 0. The lowest BCUT2D eigenvalue weighted by Gasteiger charge is -2.25. The van der Waals surface area contributed by atoms with Crippen molar-refractivity contribution in [2.75, 3.05) is 6.61 Å². The first kappa shape index (κ1) is 19.3. The molecule has 0 fully saturated rings. The van der Waals surface area contributed by atoms with E-state index in [-0.39, 0.29) is 5.92 Å². The third-order valence-electron chi connectivity index (χ3n) is 2.88. The van der Waals surface area contributed by atoms with Gasteiger partial charge in [0.05, 0.1) is 18.8 Å². The van der Waals surface area contributed by atoms with Crippen LogP contribution in [0.3, 0.4) is 0 Å². The zero-order valence-electron chi connectivity index (χ0n) is 12.2. The van der Waals surface area contributed by atoms with Crippen molar-refractivity contribution in [3.05, 3.63) is 0 Å². The minimum atomic E-state index is -1.52. The van der Waals surface area contributed by atoms with Crippen LogP contribution in [-0.4, -0.2) is 63.9 Å². The van der Waals surface area contributed by atoms with Gasteiger partial charge in [-0.25, -0.2) is 4.79 Å². The van der Waals surface area contributed by atoms with Gasteiger partial charge in [0.2, 0.25) is 11.8 Å². The molecular formula is C12H23N3O6. The summed E-state index contributed by atoms with van der Waals surface area (Å²) in [5, 5.41) is 31.4. The lowest BCUT2D eigenvalue weighted by atomic mass is 10.0. The van der Waals surface area contributed by atoms with Gasteiger partial charge in [-0.15, -0.1) is 0 Å². The molecule has 0 aliphatic carbocycles. The Hall–Kier alpha value is -1.71. The minimum Gasteiger partial charge on any atom is -0.480 e. The average Bonchev–Trinajstić information content (AvgIpc) is 2.39. The fourth-order valence-electron chi connectivity index (χ4n) is 1.40. The number of rotatable bonds is 8. The molecule has 0 saturated carbocycles. The summed E-state index contributed by atoms with van der Waals surface area (Å²) in [5.41, 5.74) is 5.62. The third-order valence-corrected chi connectivity index (χ3v) is 2.88. The van der Waals surface area contributed by atoms with Crippen molar-refractivity contribution in [2.45, 2.75) is 45.0 Å². The molecule has 0 aromatic carbocycles. The quantitative estimate of drug-likeness (QED) is 0.286. The fraction of sp³-hybridized carbons (Fsp3) is 0.750. The van der Waals surface area contributed by atoms with E-state index in [1.165, 1.54) is 6.92 Å². The largest absolute Gasteiger partial charge is 0.480 e. The number of carbonyl (C=O) groups is 3. The Balaban J connectivity index is 4.87. The van der Waals surface area contributed by atoms with E-state index in [2.05, 4.69) is 5.32 Å². The van der Waals surface area contributed by atoms with E-state index in [4.69, 9.17) is 15.9 Å². The molecular weight excluding hydrogens is 282 g/mol. The fourth-order valence-corrected chi connectivity index (χ4v) is 1.40. The molecule has 0 aliphatic heterocycles. The maximum absolute atomic E-state index is 11.9. The Kier molecular flexibility index (Phi) is 7.85. The molecule has 0 radical (unpaired) electrons. The summed E-state index contributed by atoms with van der Waals surface area (Å²) in [6.07, 6.45) is -1.26. The Morgan fingerprint density at radius 2 is 1.62 bits per heavy atom. The van der Waals surface area contributed by atoms with Crippen molar-refractivity contribution in [3.8, 4) is 0 Å². The van der Waals surface area contributed by atoms with Gasteiger partial charge >= 0.3 is 5.97 Å². The highest BCUT2D eigenvalue weighted by molar-refractivity contribution is 5.92. The van der Waals surface area contributed by atoms with Crippen molar-refractivity contribution in [2.24, 2.45) is 11.7 Å². The number of amides is 2. The summed E-state index contributed by atoms with van der Waals surface area (Å²) in [6.45, 7) is 3.88. The number of carboxylic acids is 1.